The second kappa shape index (κ2) is 15.8. The third kappa shape index (κ3) is 11.7. The summed E-state index contributed by atoms with van der Waals surface area (Å²) in [5, 5.41) is 0.293. The van der Waals surface area contributed by atoms with Crippen LogP contribution in [-0.4, -0.2) is 34.5 Å². The highest BCUT2D eigenvalue weighted by atomic mass is 32.2. The number of carbonyl (C=O) groups excluding carboxylic acids is 1. The molecule has 1 unspecified atom stereocenters. The molecule has 0 bridgehead atoms. The second-order valence-corrected chi connectivity index (χ2v) is 10.3. The fraction of sp³-hybridized carbons (Fsp3) is 0.667. The summed E-state index contributed by atoms with van der Waals surface area (Å²) in [6, 6.07) is 10.6. The first-order valence-corrected chi connectivity index (χ1v) is 13.2. The summed E-state index contributed by atoms with van der Waals surface area (Å²) in [7, 11) is 0. The first-order valence-electron chi connectivity index (χ1n) is 11.3. The van der Waals surface area contributed by atoms with E-state index in [4.69, 9.17) is 4.74 Å². The van der Waals surface area contributed by atoms with Gasteiger partial charge in [-0.3, -0.25) is 9.79 Å². The normalized spacial score (nSPS) is 16.0. The third-order valence-corrected chi connectivity index (χ3v) is 7.44. The Morgan fingerprint density at radius 1 is 1.07 bits per heavy atom. The lowest BCUT2D eigenvalue weighted by atomic mass is 10.1. The molecule has 3 nitrogen and oxygen atoms in total. The summed E-state index contributed by atoms with van der Waals surface area (Å²) in [4.78, 5) is 16.5. The highest BCUT2D eigenvalue weighted by Gasteiger charge is 2.21. The minimum absolute atomic E-state index is 0.0428. The molecule has 0 spiro atoms. The SMILES string of the molecule is CCCCCCCCCCCC(=O)OCC1CN=C(SCCc2ccccc2)S1. The number of nitrogens with zero attached hydrogens (tertiary/aromatic N) is 1. The van der Waals surface area contributed by atoms with E-state index in [0.29, 0.717) is 18.3 Å². The average Bonchev–Trinajstić information content (AvgIpc) is 3.19. The molecule has 0 aliphatic carbocycles. The van der Waals surface area contributed by atoms with E-state index in [0.717, 1.165) is 35.9 Å². The summed E-state index contributed by atoms with van der Waals surface area (Å²) in [5.74, 6) is 1.000. The lowest BCUT2D eigenvalue weighted by Gasteiger charge is -2.09. The van der Waals surface area contributed by atoms with Gasteiger partial charge in [-0.1, -0.05) is 112 Å². The molecule has 1 aromatic rings. The first kappa shape index (κ1) is 24.3. The van der Waals surface area contributed by atoms with E-state index in [1.54, 1.807) is 11.8 Å². The van der Waals surface area contributed by atoms with Crippen LogP contribution in [0.25, 0.3) is 0 Å². The Kier molecular flexibility index (Phi) is 13.3. The van der Waals surface area contributed by atoms with Crippen molar-refractivity contribution in [2.45, 2.75) is 82.8 Å². The van der Waals surface area contributed by atoms with E-state index in [2.05, 4.69) is 42.2 Å². The quantitative estimate of drug-likeness (QED) is 0.222. The predicted molar refractivity (Wildman–Crippen MR) is 129 cm³/mol. The minimum atomic E-state index is -0.0428. The molecule has 1 heterocycles. The van der Waals surface area contributed by atoms with E-state index >= 15 is 0 Å². The van der Waals surface area contributed by atoms with Crippen LogP contribution in [0.1, 0.15) is 76.7 Å². The average molecular weight is 436 g/mol. The van der Waals surface area contributed by atoms with Gasteiger partial charge in [-0.25, -0.2) is 0 Å². The molecular weight excluding hydrogens is 398 g/mol. The van der Waals surface area contributed by atoms with Crippen LogP contribution < -0.4 is 0 Å². The third-order valence-electron chi connectivity index (χ3n) is 5.07. The van der Waals surface area contributed by atoms with Crippen LogP contribution in [0.2, 0.25) is 0 Å². The molecular formula is C24H37NO2S2. The molecule has 0 saturated carbocycles. The molecule has 29 heavy (non-hydrogen) atoms. The van der Waals surface area contributed by atoms with Gasteiger partial charge in [0.2, 0.25) is 0 Å². The van der Waals surface area contributed by atoms with Crippen molar-refractivity contribution in [3.8, 4) is 0 Å². The number of rotatable bonds is 15. The van der Waals surface area contributed by atoms with Crippen LogP contribution in [0.3, 0.4) is 0 Å². The molecule has 0 fully saturated rings. The Hall–Kier alpha value is -0.940. The highest BCUT2D eigenvalue weighted by molar-refractivity contribution is 8.39. The van der Waals surface area contributed by atoms with Gasteiger partial charge in [-0.05, 0) is 18.4 Å². The van der Waals surface area contributed by atoms with Gasteiger partial charge in [0.05, 0.1) is 11.8 Å². The second-order valence-electron chi connectivity index (χ2n) is 7.69. The molecule has 1 aromatic carbocycles. The lowest BCUT2D eigenvalue weighted by Crippen LogP contribution is -2.16. The van der Waals surface area contributed by atoms with E-state index < -0.39 is 0 Å². The zero-order valence-electron chi connectivity index (χ0n) is 17.9. The Morgan fingerprint density at radius 3 is 2.48 bits per heavy atom. The van der Waals surface area contributed by atoms with E-state index in [9.17, 15) is 4.79 Å². The summed E-state index contributed by atoms with van der Waals surface area (Å²) >= 11 is 3.58. The number of hydrogen-bond acceptors (Lipinski definition) is 5. The van der Waals surface area contributed by atoms with Crippen LogP contribution in [0.4, 0.5) is 0 Å². The maximum atomic E-state index is 11.9. The topological polar surface area (TPSA) is 38.7 Å². The minimum Gasteiger partial charge on any atom is -0.464 e. The van der Waals surface area contributed by atoms with Crippen LogP contribution in [-0.2, 0) is 16.0 Å². The molecule has 0 N–H and O–H groups in total. The van der Waals surface area contributed by atoms with Gasteiger partial charge in [0.25, 0.3) is 0 Å². The van der Waals surface area contributed by atoms with Crippen molar-refractivity contribution in [3.63, 3.8) is 0 Å². The van der Waals surface area contributed by atoms with E-state index in [-0.39, 0.29) is 5.97 Å². The summed E-state index contributed by atoms with van der Waals surface area (Å²) < 4.78 is 6.62. The number of benzene rings is 1. The molecule has 1 aliphatic rings. The van der Waals surface area contributed by atoms with Crippen molar-refractivity contribution in [1.82, 2.24) is 0 Å². The standard InChI is InChI=1S/C24H37NO2S2/c1-2-3-4-5-6-7-8-9-13-16-23(26)27-20-22-19-25-24(29-22)28-18-17-21-14-11-10-12-15-21/h10-12,14-15,22H,2-9,13,16-20H2,1H3. The van der Waals surface area contributed by atoms with Gasteiger partial charge >= 0.3 is 5.97 Å². The van der Waals surface area contributed by atoms with Crippen LogP contribution >= 0.6 is 23.5 Å². The zero-order chi connectivity index (χ0) is 20.6. The number of carbonyl (C=O) groups is 1. The maximum absolute atomic E-state index is 11.9. The van der Waals surface area contributed by atoms with Crippen LogP contribution in [0.15, 0.2) is 35.3 Å². The molecule has 162 valence electrons. The van der Waals surface area contributed by atoms with Crippen molar-refractivity contribution in [3.05, 3.63) is 35.9 Å². The van der Waals surface area contributed by atoms with Crippen molar-refractivity contribution in [1.29, 1.82) is 0 Å². The molecule has 0 amide bonds. The van der Waals surface area contributed by atoms with Crippen LogP contribution in [0.5, 0.6) is 0 Å². The van der Waals surface area contributed by atoms with Gasteiger partial charge in [0, 0.05) is 12.2 Å². The molecule has 0 radical (unpaired) electrons. The Morgan fingerprint density at radius 2 is 1.76 bits per heavy atom. The van der Waals surface area contributed by atoms with Crippen molar-refractivity contribution < 1.29 is 9.53 Å². The number of unbranched alkanes of at least 4 members (excludes halogenated alkanes) is 8. The molecule has 1 atom stereocenters. The number of aliphatic imine (C=N–C) groups is 1. The largest absolute Gasteiger partial charge is 0.464 e. The number of thioether (sulfide) groups is 2. The van der Waals surface area contributed by atoms with Gasteiger partial charge in [0.1, 0.15) is 11.0 Å². The van der Waals surface area contributed by atoms with Crippen molar-refractivity contribution in [2.24, 2.45) is 4.99 Å². The number of esters is 1. The Balaban J connectivity index is 1.42. The molecule has 2 rings (SSSR count). The fourth-order valence-electron chi connectivity index (χ4n) is 3.30. The first-order chi connectivity index (χ1) is 14.3. The van der Waals surface area contributed by atoms with Crippen molar-refractivity contribution >= 4 is 33.9 Å². The molecule has 0 saturated heterocycles. The number of ether oxygens (including phenoxy) is 1. The van der Waals surface area contributed by atoms with Crippen LogP contribution in [0, 0.1) is 0 Å². The summed E-state index contributed by atoms with van der Waals surface area (Å²) in [6.07, 6.45) is 13.0. The highest BCUT2D eigenvalue weighted by Crippen LogP contribution is 2.29. The van der Waals surface area contributed by atoms with E-state index in [1.165, 1.54) is 50.5 Å². The predicted octanol–water partition coefficient (Wildman–Crippen LogP) is 6.90. The Labute approximate surface area is 185 Å². The monoisotopic (exact) mass is 435 g/mol. The van der Waals surface area contributed by atoms with E-state index in [1.807, 2.05) is 11.8 Å². The lowest BCUT2D eigenvalue weighted by molar-refractivity contribution is -0.143. The number of aryl methyl sites for hydroxylation is 1. The van der Waals surface area contributed by atoms with Gasteiger partial charge in [-0.2, -0.15) is 0 Å². The maximum Gasteiger partial charge on any atom is 0.305 e. The molecule has 5 heteroatoms. The summed E-state index contributed by atoms with van der Waals surface area (Å²) in [6.45, 7) is 3.51. The van der Waals surface area contributed by atoms with Gasteiger partial charge in [0.15, 0.2) is 0 Å². The van der Waals surface area contributed by atoms with Crippen molar-refractivity contribution in [2.75, 3.05) is 18.9 Å². The fourth-order valence-corrected chi connectivity index (χ4v) is 5.63. The smallest absolute Gasteiger partial charge is 0.305 e. The molecule has 0 aromatic heterocycles. The Bertz CT molecular complexity index is 592. The zero-order valence-corrected chi connectivity index (χ0v) is 19.6. The van der Waals surface area contributed by atoms with Gasteiger partial charge in [-0.15, -0.1) is 0 Å². The van der Waals surface area contributed by atoms with Gasteiger partial charge < -0.3 is 4.74 Å². The summed E-state index contributed by atoms with van der Waals surface area (Å²) in [5.41, 5.74) is 1.37. The number of hydrogen-bond donors (Lipinski definition) is 0. The molecule has 1 aliphatic heterocycles.